The zero-order chi connectivity index (χ0) is 25.5. The summed E-state index contributed by atoms with van der Waals surface area (Å²) in [6, 6.07) is 0. The molecule has 0 amide bonds. The topological polar surface area (TPSA) is 328 Å². The van der Waals surface area contributed by atoms with Gasteiger partial charge >= 0.3 is 23.5 Å². The summed E-state index contributed by atoms with van der Waals surface area (Å²) in [5.41, 5.74) is 14.4. The number of aliphatic hydroxyl groups is 2. The highest BCUT2D eigenvalue weighted by atomic mass is 31.3. The van der Waals surface area contributed by atoms with E-state index in [4.69, 9.17) is 30.7 Å². The van der Waals surface area contributed by atoms with Gasteiger partial charge in [-0.25, -0.2) is 28.6 Å². The minimum absolute atomic E-state index is 0.0353. The number of phosphoric acid groups is 3. The quantitative estimate of drug-likeness (QED) is 0.0882. The molecule has 34 heavy (non-hydrogen) atoms. The molecule has 0 spiro atoms. The maximum absolute atomic E-state index is 11.9. The Kier molecular flexibility index (Phi) is 7.45. The number of nitrogen functional groups attached to an aromatic ring is 1. The van der Waals surface area contributed by atoms with Gasteiger partial charge in [0.2, 0.25) is 5.95 Å². The zero-order valence-electron chi connectivity index (χ0n) is 16.2. The Morgan fingerprint density at radius 2 is 1.82 bits per heavy atom. The van der Waals surface area contributed by atoms with E-state index in [2.05, 4.69) is 38.1 Å². The van der Waals surface area contributed by atoms with Gasteiger partial charge in [-0.2, -0.15) is 8.62 Å². The number of anilines is 1. The summed E-state index contributed by atoms with van der Waals surface area (Å²) in [5, 5.41) is 24.0. The van der Waals surface area contributed by atoms with Crippen LogP contribution in [0, 0.1) is 0 Å². The first-order valence-electron chi connectivity index (χ1n) is 8.47. The molecule has 0 radical (unpaired) electrons. The number of hydrogen-bond donors (Lipinski definition) is 7. The van der Waals surface area contributed by atoms with Crippen LogP contribution in [0.3, 0.4) is 0 Å². The van der Waals surface area contributed by atoms with Crippen molar-refractivity contribution in [1.29, 1.82) is 0 Å². The summed E-state index contributed by atoms with van der Waals surface area (Å²) < 4.78 is 51.8. The number of aromatic nitrogens is 4. The van der Waals surface area contributed by atoms with Crippen LogP contribution < -0.4 is 5.73 Å². The minimum atomic E-state index is -5.76. The Morgan fingerprint density at radius 3 is 2.44 bits per heavy atom. The second-order valence-electron chi connectivity index (χ2n) is 6.34. The van der Waals surface area contributed by atoms with Gasteiger partial charge < -0.3 is 40.3 Å². The molecule has 0 aromatic carbocycles. The molecule has 3 rings (SSSR count). The lowest BCUT2D eigenvalue weighted by Crippen LogP contribution is -2.33. The van der Waals surface area contributed by atoms with Gasteiger partial charge in [-0.15, -0.1) is 0 Å². The van der Waals surface area contributed by atoms with Crippen LogP contribution >= 0.6 is 23.5 Å². The molecule has 1 fully saturated rings. The molecule has 24 heteroatoms. The van der Waals surface area contributed by atoms with E-state index in [1.165, 1.54) is 0 Å². The lowest BCUT2D eigenvalue weighted by atomic mass is 10.1. The van der Waals surface area contributed by atoms with Crippen molar-refractivity contribution >= 4 is 46.4 Å². The lowest BCUT2D eigenvalue weighted by molar-refractivity contribution is -0.0495. The second-order valence-corrected chi connectivity index (χ2v) is 10.8. The third kappa shape index (κ3) is 5.95. The first-order valence-corrected chi connectivity index (χ1v) is 13.0. The number of hydrogen-bond acceptors (Lipinski definition) is 14. The van der Waals surface area contributed by atoms with E-state index >= 15 is 0 Å². The molecular weight excluding hydrogens is 533 g/mol. The van der Waals surface area contributed by atoms with Crippen LogP contribution in [0.1, 0.15) is 6.23 Å². The summed E-state index contributed by atoms with van der Waals surface area (Å²) in [5.74, 6) is -0.509. The van der Waals surface area contributed by atoms with Crippen molar-refractivity contribution in [3.63, 3.8) is 0 Å². The standard InChI is InChI=1S/C10H15N8O13P3/c11-7-4-8(14-2-13-7)18(10(15-4)16-17-12)9-6(20)5(19)3(29-9)1-28-33(24,25)31-34(26,27)30-32(21,22)23/h2-3,5-6,9,19-20H,1H2,(H,24,25)(H,26,27)(H2,11,13,14)(H2,21,22,23). The van der Waals surface area contributed by atoms with E-state index in [-0.39, 0.29) is 17.0 Å². The molecule has 2 aromatic rings. The zero-order valence-corrected chi connectivity index (χ0v) is 18.9. The number of nitrogens with two attached hydrogens (primary N) is 1. The van der Waals surface area contributed by atoms with Gasteiger partial charge in [0, 0.05) is 4.91 Å². The molecule has 0 bridgehead atoms. The van der Waals surface area contributed by atoms with Crippen molar-refractivity contribution in [3.05, 3.63) is 16.8 Å². The number of imidazole rings is 1. The predicted octanol–water partition coefficient (Wildman–Crippen LogP) is -0.687. The van der Waals surface area contributed by atoms with Gasteiger partial charge in [0.1, 0.15) is 24.6 Å². The molecule has 1 aliphatic rings. The van der Waals surface area contributed by atoms with Crippen molar-refractivity contribution < 1.29 is 61.4 Å². The fourth-order valence-electron chi connectivity index (χ4n) is 2.81. The van der Waals surface area contributed by atoms with E-state index in [1.807, 2.05) is 0 Å². The molecule has 188 valence electrons. The van der Waals surface area contributed by atoms with Crippen LogP contribution in [0.25, 0.3) is 21.6 Å². The van der Waals surface area contributed by atoms with Crippen molar-refractivity contribution in [3.8, 4) is 0 Å². The number of phosphoric ester groups is 1. The fraction of sp³-hybridized carbons (Fsp3) is 0.500. The number of nitrogens with zero attached hydrogens (tertiary/aromatic N) is 7. The number of aliphatic hydroxyl groups excluding tert-OH is 2. The lowest BCUT2D eigenvalue weighted by Gasteiger charge is -2.19. The maximum Gasteiger partial charge on any atom is 0.490 e. The molecule has 3 heterocycles. The van der Waals surface area contributed by atoms with Crippen LogP contribution in [-0.2, 0) is 31.6 Å². The molecular formula is C10H15N8O13P3. The van der Waals surface area contributed by atoms with E-state index in [0.29, 0.717) is 0 Å². The van der Waals surface area contributed by atoms with Crippen LogP contribution in [-0.4, -0.2) is 74.2 Å². The van der Waals surface area contributed by atoms with Crippen molar-refractivity contribution in [2.24, 2.45) is 5.11 Å². The van der Waals surface area contributed by atoms with E-state index in [9.17, 15) is 28.8 Å². The molecule has 0 aliphatic carbocycles. The van der Waals surface area contributed by atoms with Gasteiger partial charge in [0.25, 0.3) is 0 Å². The predicted molar refractivity (Wildman–Crippen MR) is 104 cm³/mol. The fourth-order valence-corrected chi connectivity index (χ4v) is 5.84. The maximum atomic E-state index is 11.9. The average molecular weight is 548 g/mol. The van der Waals surface area contributed by atoms with Crippen molar-refractivity contribution in [2.45, 2.75) is 24.5 Å². The van der Waals surface area contributed by atoms with E-state index in [0.717, 1.165) is 10.9 Å². The summed E-state index contributed by atoms with van der Waals surface area (Å²) in [4.78, 5) is 49.9. The first kappa shape index (κ1) is 26.6. The summed E-state index contributed by atoms with van der Waals surface area (Å²) in [6.07, 6.45) is -5.71. The number of azide groups is 1. The van der Waals surface area contributed by atoms with Crippen molar-refractivity contribution in [1.82, 2.24) is 19.5 Å². The largest absolute Gasteiger partial charge is 0.490 e. The number of rotatable bonds is 9. The number of fused-ring (bicyclic) bond motifs is 1. The van der Waals surface area contributed by atoms with Gasteiger partial charge in [-0.1, -0.05) is 0 Å². The minimum Gasteiger partial charge on any atom is -0.387 e. The Hall–Kier alpha value is -2.05. The van der Waals surface area contributed by atoms with Gasteiger partial charge in [0.05, 0.1) is 6.61 Å². The normalized spacial score (nSPS) is 26.6. The third-order valence-corrected chi connectivity index (χ3v) is 7.83. The first-order chi connectivity index (χ1) is 15.6. The Labute approximate surface area is 186 Å². The smallest absolute Gasteiger partial charge is 0.387 e. The van der Waals surface area contributed by atoms with Crippen LogP contribution in [0.4, 0.5) is 11.8 Å². The summed E-state index contributed by atoms with van der Waals surface area (Å²) in [6.45, 7) is -1.06. The summed E-state index contributed by atoms with van der Waals surface area (Å²) in [7, 11) is -16.9. The highest BCUT2D eigenvalue weighted by molar-refractivity contribution is 7.66. The number of ether oxygens (including phenoxy) is 1. The molecule has 2 aromatic heterocycles. The van der Waals surface area contributed by atoms with Crippen LogP contribution in [0.15, 0.2) is 11.4 Å². The molecule has 6 unspecified atom stereocenters. The monoisotopic (exact) mass is 548 g/mol. The molecule has 1 aliphatic heterocycles. The van der Waals surface area contributed by atoms with Crippen LogP contribution in [0.5, 0.6) is 0 Å². The van der Waals surface area contributed by atoms with Gasteiger partial charge in [-0.05, 0) is 10.6 Å². The second kappa shape index (κ2) is 9.54. The molecule has 8 N–H and O–H groups in total. The molecule has 21 nitrogen and oxygen atoms in total. The average Bonchev–Trinajstić information content (AvgIpc) is 3.16. The van der Waals surface area contributed by atoms with E-state index < -0.39 is 60.6 Å². The Morgan fingerprint density at radius 1 is 1.15 bits per heavy atom. The Bertz CT molecular complexity index is 1280. The SMILES string of the molecule is [N-]=[N+]=Nc1nc2c(N)ncnc2n1C1OC(COP(=O)(O)OP(=O)(O)OP(=O)(O)O)C(O)C1O. The van der Waals surface area contributed by atoms with Crippen molar-refractivity contribution in [2.75, 3.05) is 12.3 Å². The summed E-state index contributed by atoms with van der Waals surface area (Å²) >= 11 is 0. The van der Waals surface area contributed by atoms with Crippen LogP contribution in [0.2, 0.25) is 0 Å². The Balaban J connectivity index is 1.80. The van der Waals surface area contributed by atoms with E-state index in [1.54, 1.807) is 0 Å². The molecule has 6 atom stereocenters. The highest BCUT2D eigenvalue weighted by Gasteiger charge is 2.47. The van der Waals surface area contributed by atoms with Gasteiger partial charge in [-0.3, -0.25) is 9.09 Å². The third-order valence-electron chi connectivity index (χ3n) is 4.03. The molecule has 0 saturated carbocycles. The van der Waals surface area contributed by atoms with Gasteiger partial charge in [0.15, 0.2) is 23.2 Å². The highest BCUT2D eigenvalue weighted by Crippen LogP contribution is 2.66. The molecule has 1 saturated heterocycles.